The van der Waals surface area contributed by atoms with E-state index in [4.69, 9.17) is 39.5 Å². The molecule has 9 heteroatoms. The molecule has 0 aliphatic rings. The van der Waals surface area contributed by atoms with Crippen molar-refractivity contribution < 1.29 is 4.74 Å². The van der Waals surface area contributed by atoms with Gasteiger partial charge in [-0.25, -0.2) is 4.98 Å². The predicted octanol–water partition coefficient (Wildman–Crippen LogP) is 4.94. The molecule has 3 heterocycles. The Balaban J connectivity index is 1.75. The maximum atomic E-state index is 6.06. The number of aromatic nitrogens is 5. The Morgan fingerprint density at radius 3 is 2.40 bits per heavy atom. The highest BCUT2D eigenvalue weighted by atomic mass is 35.5. The summed E-state index contributed by atoms with van der Waals surface area (Å²) in [7, 11) is 0. The van der Waals surface area contributed by atoms with Crippen LogP contribution in [0.2, 0.25) is 15.2 Å². The van der Waals surface area contributed by atoms with E-state index < -0.39 is 0 Å². The summed E-state index contributed by atoms with van der Waals surface area (Å²) in [5.74, 6) is 1.36. The summed E-state index contributed by atoms with van der Waals surface area (Å²) in [6, 6.07) is 11.9. The quantitative estimate of drug-likeness (QED) is 0.462. The van der Waals surface area contributed by atoms with E-state index in [1.54, 1.807) is 47.0 Å². The van der Waals surface area contributed by atoms with Gasteiger partial charge in [0.2, 0.25) is 5.88 Å². The van der Waals surface area contributed by atoms with Crippen LogP contribution in [0.5, 0.6) is 11.6 Å². The fourth-order valence-corrected chi connectivity index (χ4v) is 2.87. The molecule has 4 aromatic rings. The molecule has 0 atom stereocenters. The molecule has 1 aromatic carbocycles. The van der Waals surface area contributed by atoms with Crippen molar-refractivity contribution in [3.63, 3.8) is 0 Å². The molecule has 0 fully saturated rings. The Morgan fingerprint density at radius 1 is 0.880 bits per heavy atom. The molecule has 0 saturated carbocycles. The Hall–Kier alpha value is -2.41. The standard InChI is InChI=1S/C16H8Cl3N5O/c17-10-5-9(6-11(18)7-10)16-22-21-14-3-4-15(23-24(14)16)25-12-1-2-13(19)20-8-12/h1-8H. The van der Waals surface area contributed by atoms with Crippen molar-refractivity contribution in [1.82, 2.24) is 24.8 Å². The number of ether oxygens (including phenoxy) is 1. The number of hydrogen-bond acceptors (Lipinski definition) is 5. The van der Waals surface area contributed by atoms with Gasteiger partial charge < -0.3 is 4.74 Å². The van der Waals surface area contributed by atoms with Crippen LogP contribution in [0, 0.1) is 0 Å². The lowest BCUT2D eigenvalue weighted by molar-refractivity contribution is 0.451. The average Bonchev–Trinajstić information content (AvgIpc) is 2.99. The lowest BCUT2D eigenvalue weighted by atomic mass is 10.2. The van der Waals surface area contributed by atoms with Gasteiger partial charge in [-0.05, 0) is 36.4 Å². The van der Waals surface area contributed by atoms with Crippen LogP contribution in [0.15, 0.2) is 48.7 Å². The summed E-state index contributed by atoms with van der Waals surface area (Å²) in [6.07, 6.45) is 1.51. The van der Waals surface area contributed by atoms with E-state index in [1.165, 1.54) is 6.20 Å². The van der Waals surface area contributed by atoms with Crippen molar-refractivity contribution in [2.24, 2.45) is 0 Å². The van der Waals surface area contributed by atoms with Crippen molar-refractivity contribution in [2.45, 2.75) is 0 Å². The van der Waals surface area contributed by atoms with Gasteiger partial charge in [-0.15, -0.1) is 15.3 Å². The summed E-state index contributed by atoms with van der Waals surface area (Å²) >= 11 is 17.9. The summed E-state index contributed by atoms with van der Waals surface area (Å²) in [5, 5.41) is 14.0. The lowest BCUT2D eigenvalue weighted by Gasteiger charge is -2.05. The van der Waals surface area contributed by atoms with Crippen molar-refractivity contribution in [3.05, 3.63) is 63.9 Å². The third kappa shape index (κ3) is 3.37. The largest absolute Gasteiger partial charge is 0.436 e. The fraction of sp³-hybridized carbons (Fsp3) is 0. The first-order chi connectivity index (χ1) is 12.1. The van der Waals surface area contributed by atoms with Gasteiger partial charge in [-0.2, -0.15) is 4.52 Å². The number of nitrogens with zero attached hydrogens (tertiary/aromatic N) is 5. The average molecular weight is 393 g/mol. The van der Waals surface area contributed by atoms with E-state index in [-0.39, 0.29) is 0 Å². The molecule has 6 nitrogen and oxygen atoms in total. The van der Waals surface area contributed by atoms with Crippen molar-refractivity contribution in [3.8, 4) is 23.0 Å². The predicted molar refractivity (Wildman–Crippen MR) is 95.6 cm³/mol. The molecule has 25 heavy (non-hydrogen) atoms. The number of fused-ring (bicyclic) bond motifs is 1. The van der Waals surface area contributed by atoms with E-state index in [0.29, 0.717) is 43.9 Å². The van der Waals surface area contributed by atoms with E-state index in [0.717, 1.165) is 0 Å². The van der Waals surface area contributed by atoms with E-state index in [9.17, 15) is 0 Å². The molecule has 3 aromatic heterocycles. The molecule has 124 valence electrons. The van der Waals surface area contributed by atoms with Crippen LogP contribution in [0.1, 0.15) is 0 Å². The zero-order valence-corrected chi connectivity index (χ0v) is 14.7. The SMILES string of the molecule is Clc1cc(Cl)cc(-c2nnc3ccc(Oc4ccc(Cl)nc4)nn23)c1. The monoisotopic (exact) mass is 391 g/mol. The molecule has 0 amide bonds. The number of pyridine rings is 1. The summed E-state index contributed by atoms with van der Waals surface area (Å²) in [6.45, 7) is 0. The highest BCUT2D eigenvalue weighted by molar-refractivity contribution is 6.35. The van der Waals surface area contributed by atoms with Crippen LogP contribution in [-0.4, -0.2) is 24.8 Å². The molecule has 0 bridgehead atoms. The van der Waals surface area contributed by atoms with Crippen LogP contribution in [0.25, 0.3) is 17.0 Å². The number of rotatable bonds is 3. The van der Waals surface area contributed by atoms with Gasteiger partial charge in [0.1, 0.15) is 10.9 Å². The minimum atomic E-state index is 0.353. The van der Waals surface area contributed by atoms with Crippen LogP contribution in [0.4, 0.5) is 0 Å². The smallest absolute Gasteiger partial charge is 0.237 e. The highest BCUT2D eigenvalue weighted by Crippen LogP contribution is 2.27. The molecule has 0 aliphatic carbocycles. The van der Waals surface area contributed by atoms with Crippen molar-refractivity contribution >= 4 is 40.4 Å². The molecule has 4 rings (SSSR count). The molecule has 0 saturated heterocycles. The topological polar surface area (TPSA) is 65.2 Å². The second-order valence-corrected chi connectivity index (χ2v) is 6.30. The van der Waals surface area contributed by atoms with Gasteiger partial charge in [0.25, 0.3) is 0 Å². The maximum absolute atomic E-state index is 6.06. The van der Waals surface area contributed by atoms with E-state index >= 15 is 0 Å². The number of hydrogen-bond donors (Lipinski definition) is 0. The van der Waals surface area contributed by atoms with Crippen molar-refractivity contribution in [2.75, 3.05) is 0 Å². The molecular formula is C16H8Cl3N5O. The lowest BCUT2D eigenvalue weighted by Crippen LogP contribution is -1.98. The van der Waals surface area contributed by atoms with Crippen LogP contribution in [-0.2, 0) is 0 Å². The van der Waals surface area contributed by atoms with Crippen LogP contribution < -0.4 is 4.74 Å². The van der Waals surface area contributed by atoms with Crippen LogP contribution >= 0.6 is 34.8 Å². The van der Waals surface area contributed by atoms with E-state index in [2.05, 4.69) is 20.3 Å². The minimum absolute atomic E-state index is 0.353. The second kappa shape index (κ2) is 6.48. The van der Waals surface area contributed by atoms with Gasteiger partial charge in [-0.3, -0.25) is 0 Å². The number of halogens is 3. The summed E-state index contributed by atoms with van der Waals surface area (Å²) in [5.41, 5.74) is 1.26. The second-order valence-electron chi connectivity index (χ2n) is 5.04. The highest BCUT2D eigenvalue weighted by Gasteiger charge is 2.12. The first kappa shape index (κ1) is 16.1. The Bertz CT molecular complexity index is 1050. The molecule has 0 radical (unpaired) electrons. The van der Waals surface area contributed by atoms with Gasteiger partial charge in [0.15, 0.2) is 11.5 Å². The fourth-order valence-electron chi connectivity index (χ4n) is 2.23. The van der Waals surface area contributed by atoms with Gasteiger partial charge in [-0.1, -0.05) is 34.8 Å². The zero-order valence-electron chi connectivity index (χ0n) is 12.4. The molecular weight excluding hydrogens is 385 g/mol. The molecule has 0 spiro atoms. The van der Waals surface area contributed by atoms with E-state index in [1.807, 2.05) is 0 Å². The molecule has 0 aliphatic heterocycles. The normalized spacial score (nSPS) is 11.0. The third-order valence-electron chi connectivity index (χ3n) is 3.28. The number of benzene rings is 1. The molecule has 0 N–H and O–H groups in total. The van der Waals surface area contributed by atoms with Gasteiger partial charge in [0.05, 0.1) is 6.20 Å². The van der Waals surface area contributed by atoms with Crippen molar-refractivity contribution in [1.29, 1.82) is 0 Å². The summed E-state index contributed by atoms with van der Waals surface area (Å²) in [4.78, 5) is 3.96. The minimum Gasteiger partial charge on any atom is -0.436 e. The Kier molecular flexibility index (Phi) is 4.17. The van der Waals surface area contributed by atoms with Gasteiger partial charge >= 0.3 is 0 Å². The first-order valence-electron chi connectivity index (χ1n) is 7.07. The Labute approximate surface area is 157 Å². The maximum Gasteiger partial charge on any atom is 0.237 e. The Morgan fingerprint density at radius 2 is 1.68 bits per heavy atom. The molecule has 0 unspecified atom stereocenters. The van der Waals surface area contributed by atoms with Crippen LogP contribution in [0.3, 0.4) is 0 Å². The zero-order chi connectivity index (χ0) is 17.4. The third-order valence-corrected chi connectivity index (χ3v) is 3.94. The first-order valence-corrected chi connectivity index (χ1v) is 8.20. The summed E-state index contributed by atoms with van der Waals surface area (Å²) < 4.78 is 7.24. The van der Waals surface area contributed by atoms with Gasteiger partial charge in [0, 0.05) is 21.7 Å².